The summed E-state index contributed by atoms with van der Waals surface area (Å²) < 4.78 is 19.9. The zero-order valence-corrected chi connectivity index (χ0v) is 13.3. The van der Waals surface area contributed by atoms with E-state index in [0.717, 1.165) is 0 Å². The monoisotopic (exact) mass is 349 g/mol. The molecule has 1 aromatic rings. The fraction of sp³-hybridized carbons (Fsp3) is 0.400. The van der Waals surface area contributed by atoms with E-state index in [2.05, 4.69) is 15.8 Å². The van der Waals surface area contributed by atoms with Crippen molar-refractivity contribution < 1.29 is 23.8 Å². The zero-order chi connectivity index (χ0) is 17.7. The minimum absolute atomic E-state index is 0.139. The van der Waals surface area contributed by atoms with Gasteiger partial charge in [0.1, 0.15) is 24.2 Å². The van der Waals surface area contributed by atoms with Crippen molar-refractivity contribution in [2.45, 2.75) is 19.0 Å². The van der Waals surface area contributed by atoms with Gasteiger partial charge in [0.25, 0.3) is 5.91 Å². The Bertz CT molecular complexity index is 792. The molecule has 1 atom stereocenters. The molecule has 9 nitrogen and oxygen atoms in total. The molecule has 3 N–H and O–H groups in total. The van der Waals surface area contributed by atoms with Crippen molar-refractivity contribution in [3.8, 4) is 5.75 Å². The van der Waals surface area contributed by atoms with Gasteiger partial charge in [-0.1, -0.05) is 0 Å². The topological polar surface area (TPSA) is 106 Å². The van der Waals surface area contributed by atoms with Crippen LogP contribution in [0.4, 0.5) is 20.6 Å². The van der Waals surface area contributed by atoms with Crippen molar-refractivity contribution in [1.82, 2.24) is 10.3 Å². The Morgan fingerprint density at radius 3 is 2.96 bits per heavy atom. The molecule has 0 bridgehead atoms. The van der Waals surface area contributed by atoms with Crippen LogP contribution >= 0.6 is 0 Å². The van der Waals surface area contributed by atoms with Crippen LogP contribution in [0, 0.1) is 5.82 Å². The van der Waals surface area contributed by atoms with Gasteiger partial charge in [-0.15, -0.1) is 0 Å². The van der Waals surface area contributed by atoms with Crippen LogP contribution in [0.25, 0.3) is 0 Å². The van der Waals surface area contributed by atoms with E-state index in [-0.39, 0.29) is 37.3 Å². The summed E-state index contributed by atoms with van der Waals surface area (Å²) in [6.07, 6.45) is -0.994. The number of nitrogens with zero attached hydrogens (tertiary/aromatic N) is 3. The molecule has 25 heavy (non-hydrogen) atoms. The van der Waals surface area contributed by atoms with Crippen molar-refractivity contribution in [3.63, 3.8) is 0 Å². The number of nitrogens with one attached hydrogen (secondary N) is 2. The maximum Gasteiger partial charge on any atom is 0.407 e. The normalized spacial score (nSPS) is 22.1. The van der Waals surface area contributed by atoms with Gasteiger partial charge in [0, 0.05) is 19.2 Å². The molecule has 1 saturated heterocycles. The molecule has 10 heteroatoms. The van der Waals surface area contributed by atoms with E-state index in [1.54, 1.807) is 17.9 Å². The zero-order valence-electron chi connectivity index (χ0n) is 13.3. The summed E-state index contributed by atoms with van der Waals surface area (Å²) in [5.74, 6) is 0.121. The number of fused-ring (bicyclic) bond motifs is 3. The minimum Gasteiger partial charge on any atom is -0.483 e. The summed E-state index contributed by atoms with van der Waals surface area (Å²) in [6.45, 7) is 2.45. The highest BCUT2D eigenvalue weighted by atomic mass is 19.1. The Labute approximate surface area is 142 Å². The molecule has 3 aliphatic rings. The fourth-order valence-electron chi connectivity index (χ4n) is 3.10. The predicted molar refractivity (Wildman–Crippen MR) is 86.4 cm³/mol. The number of amides is 2. The second-order valence-electron chi connectivity index (χ2n) is 6.17. The Morgan fingerprint density at radius 1 is 1.48 bits per heavy atom. The van der Waals surface area contributed by atoms with Crippen LogP contribution in [0.2, 0.25) is 0 Å². The number of rotatable bonds is 2. The molecule has 4 rings (SSSR count). The molecule has 1 aromatic carbocycles. The van der Waals surface area contributed by atoms with E-state index in [0.29, 0.717) is 17.3 Å². The molecule has 0 radical (unpaired) electrons. The minimum atomic E-state index is -0.994. The molecule has 3 heterocycles. The summed E-state index contributed by atoms with van der Waals surface area (Å²) in [5.41, 5.74) is 3.21. The molecule has 0 aliphatic carbocycles. The van der Waals surface area contributed by atoms with Crippen LogP contribution in [0.15, 0.2) is 17.2 Å². The third-order valence-electron chi connectivity index (χ3n) is 4.52. The van der Waals surface area contributed by atoms with E-state index >= 15 is 0 Å². The van der Waals surface area contributed by atoms with Crippen LogP contribution in [0.1, 0.15) is 6.92 Å². The molecule has 0 aromatic heterocycles. The van der Waals surface area contributed by atoms with Gasteiger partial charge in [0.2, 0.25) is 0 Å². The summed E-state index contributed by atoms with van der Waals surface area (Å²) in [7, 11) is 0. The van der Waals surface area contributed by atoms with Crippen molar-refractivity contribution in [2.24, 2.45) is 5.10 Å². The smallest absolute Gasteiger partial charge is 0.407 e. The van der Waals surface area contributed by atoms with Gasteiger partial charge in [0.15, 0.2) is 5.84 Å². The van der Waals surface area contributed by atoms with Gasteiger partial charge in [0.05, 0.1) is 17.4 Å². The fourth-order valence-corrected chi connectivity index (χ4v) is 3.10. The third-order valence-corrected chi connectivity index (χ3v) is 4.52. The highest BCUT2D eigenvalue weighted by molar-refractivity contribution is 6.09. The number of hydrogen-bond donors (Lipinski definition) is 3. The van der Waals surface area contributed by atoms with Gasteiger partial charge in [-0.25, -0.2) is 14.6 Å². The molecule has 3 aliphatic heterocycles. The van der Waals surface area contributed by atoms with E-state index in [4.69, 9.17) is 9.84 Å². The largest absolute Gasteiger partial charge is 0.483 e. The van der Waals surface area contributed by atoms with Crippen LogP contribution in [0.5, 0.6) is 5.75 Å². The van der Waals surface area contributed by atoms with E-state index in [1.807, 2.05) is 0 Å². The van der Waals surface area contributed by atoms with Gasteiger partial charge < -0.3 is 25.0 Å². The maximum absolute atomic E-state index is 14.4. The number of halogens is 1. The van der Waals surface area contributed by atoms with Gasteiger partial charge in [-0.3, -0.25) is 4.79 Å². The molecule has 0 saturated carbocycles. The molecular formula is C15H16FN5O4. The molecule has 132 valence electrons. The van der Waals surface area contributed by atoms with Crippen LogP contribution in [0.3, 0.4) is 0 Å². The number of carbonyl (C=O) groups excluding carboxylic acids is 1. The lowest BCUT2D eigenvalue weighted by atomic mass is 10.1. The Balaban J connectivity index is 1.62. The van der Waals surface area contributed by atoms with Crippen LogP contribution < -0.4 is 20.4 Å². The number of likely N-dealkylation sites (tertiary alicyclic amines) is 1. The number of amidine groups is 1. The van der Waals surface area contributed by atoms with Crippen molar-refractivity contribution >= 4 is 29.2 Å². The standard InChI is InChI=1S/C15H16FN5O4/c1-7-14(22)19-18-13-6-25-12-2-9(16)10(3-11(12)21(7)13)17-8-4-20(5-8)15(23)24/h2-3,7-8,17H,4-6H2,1H3,(H,19,22)(H,23,24)/t7-/m1/s1. The number of benzene rings is 1. The first-order valence-electron chi connectivity index (χ1n) is 7.80. The summed E-state index contributed by atoms with van der Waals surface area (Å²) in [4.78, 5) is 25.7. The van der Waals surface area contributed by atoms with Gasteiger partial charge in [-0.05, 0) is 13.0 Å². The number of ether oxygens (including phenoxy) is 1. The highest BCUT2D eigenvalue weighted by Gasteiger charge is 2.36. The molecular weight excluding hydrogens is 333 g/mol. The second kappa shape index (κ2) is 5.50. The molecule has 0 spiro atoms. The predicted octanol–water partition coefficient (Wildman–Crippen LogP) is 0.630. The number of carboxylic acid groups (broad SMARTS) is 1. The molecule has 0 unspecified atom stereocenters. The van der Waals surface area contributed by atoms with Gasteiger partial charge >= 0.3 is 6.09 Å². The first-order chi connectivity index (χ1) is 11.9. The van der Waals surface area contributed by atoms with Crippen LogP contribution in [-0.2, 0) is 4.79 Å². The molecule has 2 amide bonds. The molecule has 1 fully saturated rings. The van der Waals surface area contributed by atoms with Crippen molar-refractivity contribution in [3.05, 3.63) is 17.9 Å². The first kappa shape index (κ1) is 15.5. The Hall–Kier alpha value is -3.04. The lowest BCUT2D eigenvalue weighted by molar-refractivity contribution is -0.122. The lowest BCUT2D eigenvalue weighted by Crippen LogP contribution is -2.57. The quantitative estimate of drug-likeness (QED) is 0.723. The van der Waals surface area contributed by atoms with E-state index in [1.165, 1.54) is 11.0 Å². The Morgan fingerprint density at radius 2 is 2.24 bits per heavy atom. The lowest BCUT2D eigenvalue weighted by Gasteiger charge is -2.40. The number of anilines is 2. The van der Waals surface area contributed by atoms with E-state index < -0.39 is 18.0 Å². The first-order valence-corrected chi connectivity index (χ1v) is 7.80. The summed E-state index contributed by atoms with van der Waals surface area (Å²) in [6, 6.07) is 2.17. The van der Waals surface area contributed by atoms with Crippen molar-refractivity contribution in [1.29, 1.82) is 0 Å². The average molecular weight is 349 g/mol. The Kier molecular flexibility index (Phi) is 3.41. The number of hydrogen-bond acceptors (Lipinski definition) is 6. The summed E-state index contributed by atoms with van der Waals surface area (Å²) in [5, 5.41) is 15.8. The maximum atomic E-state index is 14.4. The summed E-state index contributed by atoms with van der Waals surface area (Å²) >= 11 is 0. The van der Waals surface area contributed by atoms with Crippen molar-refractivity contribution in [2.75, 3.05) is 29.9 Å². The number of carbonyl (C=O) groups is 2. The third kappa shape index (κ3) is 2.49. The van der Waals surface area contributed by atoms with Gasteiger partial charge in [-0.2, -0.15) is 5.10 Å². The van der Waals surface area contributed by atoms with Crippen LogP contribution in [-0.4, -0.2) is 59.6 Å². The highest BCUT2D eigenvalue weighted by Crippen LogP contribution is 2.38. The van der Waals surface area contributed by atoms with E-state index in [9.17, 15) is 14.0 Å². The second-order valence-corrected chi connectivity index (χ2v) is 6.17. The SMILES string of the molecule is C[C@@H]1C(=O)NN=C2COc3cc(F)c(NC4CN(C(=O)O)C4)cc3N21. The number of hydrazone groups is 1. The average Bonchev–Trinajstić information content (AvgIpc) is 2.53.